The molecule has 1 unspecified atom stereocenters. The number of hydrogen-bond acceptors (Lipinski definition) is 4. The molecule has 1 aromatic carbocycles. The van der Waals surface area contributed by atoms with Gasteiger partial charge in [0.1, 0.15) is 0 Å². The van der Waals surface area contributed by atoms with E-state index in [4.69, 9.17) is 12.2 Å². The maximum Gasteiger partial charge on any atom is 0.416 e. The van der Waals surface area contributed by atoms with Gasteiger partial charge in [-0.3, -0.25) is 4.90 Å². The molecule has 0 radical (unpaired) electrons. The van der Waals surface area contributed by atoms with Crippen LogP contribution in [0.15, 0.2) is 41.8 Å². The molecule has 152 valence electrons. The summed E-state index contributed by atoms with van der Waals surface area (Å²) in [6.45, 7) is 4.54. The zero-order valence-electron chi connectivity index (χ0n) is 15.5. The first kappa shape index (κ1) is 21.0. The summed E-state index contributed by atoms with van der Waals surface area (Å²) in [5.74, 6) is 0. The summed E-state index contributed by atoms with van der Waals surface area (Å²) in [7, 11) is 2.11. The minimum absolute atomic E-state index is 0.176. The van der Waals surface area contributed by atoms with E-state index >= 15 is 0 Å². The van der Waals surface area contributed by atoms with Crippen molar-refractivity contribution in [3.63, 3.8) is 0 Å². The van der Waals surface area contributed by atoms with Gasteiger partial charge < -0.3 is 15.5 Å². The maximum atomic E-state index is 12.9. The molecule has 1 aromatic heterocycles. The van der Waals surface area contributed by atoms with Crippen LogP contribution < -0.4 is 10.6 Å². The molecule has 0 spiro atoms. The van der Waals surface area contributed by atoms with Crippen molar-refractivity contribution in [2.24, 2.45) is 0 Å². The highest BCUT2D eigenvalue weighted by molar-refractivity contribution is 7.80. The number of hydrogen-bond donors (Lipinski definition) is 2. The Kier molecular flexibility index (Phi) is 6.92. The van der Waals surface area contributed by atoms with Gasteiger partial charge in [-0.2, -0.15) is 13.2 Å². The Balaban J connectivity index is 1.61. The number of anilines is 1. The number of nitrogens with zero attached hydrogens (tertiary/aromatic N) is 2. The molecule has 0 bridgehead atoms. The summed E-state index contributed by atoms with van der Waals surface area (Å²) in [6.07, 6.45) is -4.38. The average Bonchev–Trinajstić information content (AvgIpc) is 3.17. The van der Waals surface area contributed by atoms with E-state index in [1.165, 1.54) is 10.9 Å². The van der Waals surface area contributed by atoms with Crippen LogP contribution >= 0.6 is 23.6 Å². The van der Waals surface area contributed by atoms with Crippen LogP contribution in [0.25, 0.3) is 0 Å². The predicted molar refractivity (Wildman–Crippen MR) is 112 cm³/mol. The molecule has 0 saturated carbocycles. The third-order valence-electron chi connectivity index (χ3n) is 4.75. The minimum Gasteiger partial charge on any atom is -0.360 e. The molecule has 2 heterocycles. The molecule has 1 fully saturated rings. The molecular formula is C19H23F3N4S2. The highest BCUT2D eigenvalue weighted by atomic mass is 32.1. The quantitative estimate of drug-likeness (QED) is 0.702. The van der Waals surface area contributed by atoms with Gasteiger partial charge in [-0.1, -0.05) is 12.1 Å². The van der Waals surface area contributed by atoms with Gasteiger partial charge in [0, 0.05) is 43.3 Å². The van der Waals surface area contributed by atoms with Crippen molar-refractivity contribution in [2.45, 2.75) is 12.2 Å². The van der Waals surface area contributed by atoms with Crippen molar-refractivity contribution in [1.82, 2.24) is 15.1 Å². The van der Waals surface area contributed by atoms with Crippen molar-refractivity contribution in [3.8, 4) is 0 Å². The highest BCUT2D eigenvalue weighted by Gasteiger charge is 2.30. The lowest BCUT2D eigenvalue weighted by Gasteiger charge is -2.37. The normalized spacial score (nSPS) is 17.3. The lowest BCUT2D eigenvalue weighted by atomic mass is 10.1. The van der Waals surface area contributed by atoms with Gasteiger partial charge in [0.05, 0.1) is 11.6 Å². The van der Waals surface area contributed by atoms with Crippen molar-refractivity contribution in [2.75, 3.05) is 45.1 Å². The van der Waals surface area contributed by atoms with Gasteiger partial charge in [-0.25, -0.2) is 0 Å². The first-order valence-corrected chi connectivity index (χ1v) is 10.3. The molecule has 0 amide bonds. The number of alkyl halides is 3. The zero-order chi connectivity index (χ0) is 20.1. The van der Waals surface area contributed by atoms with Crippen molar-refractivity contribution < 1.29 is 13.2 Å². The molecule has 3 rings (SSSR count). The third-order valence-corrected chi connectivity index (χ3v) is 5.97. The topological polar surface area (TPSA) is 30.5 Å². The summed E-state index contributed by atoms with van der Waals surface area (Å²) in [6, 6.07) is 9.36. The number of piperazine rings is 1. The largest absolute Gasteiger partial charge is 0.416 e. The fourth-order valence-corrected chi connectivity index (χ4v) is 4.22. The van der Waals surface area contributed by atoms with Crippen molar-refractivity contribution in [1.29, 1.82) is 0 Å². The number of thiophene rings is 1. The molecule has 28 heavy (non-hydrogen) atoms. The fourth-order valence-electron chi connectivity index (χ4n) is 3.16. The third kappa shape index (κ3) is 5.66. The SMILES string of the molecule is CN1CCN(C(CNC(=S)Nc2cccc(C(F)(F)F)c2)c2cccs2)CC1. The Morgan fingerprint density at radius 1 is 1.18 bits per heavy atom. The molecule has 1 saturated heterocycles. The Morgan fingerprint density at radius 3 is 2.57 bits per heavy atom. The standard InChI is InChI=1S/C19H23F3N4S2/c1-25-7-9-26(10-8-25)16(17-6-3-11-28-17)13-23-18(27)24-15-5-2-4-14(12-15)19(20,21)22/h2-6,11-12,16H,7-10,13H2,1H3,(H2,23,24,27). The van der Waals surface area contributed by atoms with E-state index in [0.29, 0.717) is 17.3 Å². The monoisotopic (exact) mass is 428 g/mol. The van der Waals surface area contributed by atoms with Gasteiger partial charge >= 0.3 is 6.18 Å². The van der Waals surface area contributed by atoms with E-state index in [0.717, 1.165) is 38.3 Å². The second-order valence-corrected chi connectivity index (χ2v) is 8.17. The van der Waals surface area contributed by atoms with E-state index in [1.807, 2.05) is 6.07 Å². The van der Waals surface area contributed by atoms with E-state index in [9.17, 15) is 13.2 Å². The van der Waals surface area contributed by atoms with Crippen LogP contribution in [-0.2, 0) is 6.18 Å². The Morgan fingerprint density at radius 2 is 1.93 bits per heavy atom. The van der Waals surface area contributed by atoms with E-state index in [1.54, 1.807) is 17.4 Å². The average molecular weight is 429 g/mol. The molecule has 9 heteroatoms. The van der Waals surface area contributed by atoms with Crippen LogP contribution in [0, 0.1) is 0 Å². The van der Waals surface area contributed by atoms with Gasteiger partial charge in [0.2, 0.25) is 0 Å². The number of benzene rings is 1. The molecular weight excluding hydrogens is 405 g/mol. The van der Waals surface area contributed by atoms with Crippen LogP contribution in [0.2, 0.25) is 0 Å². The molecule has 0 aliphatic carbocycles. The van der Waals surface area contributed by atoms with Crippen LogP contribution in [0.5, 0.6) is 0 Å². The second-order valence-electron chi connectivity index (χ2n) is 6.78. The summed E-state index contributed by atoms with van der Waals surface area (Å²) >= 11 is 7.02. The van der Waals surface area contributed by atoms with Crippen LogP contribution in [0.1, 0.15) is 16.5 Å². The first-order valence-electron chi connectivity index (χ1n) is 9.01. The lowest BCUT2D eigenvalue weighted by molar-refractivity contribution is -0.137. The molecule has 4 nitrogen and oxygen atoms in total. The van der Waals surface area contributed by atoms with Crippen LogP contribution in [0.3, 0.4) is 0 Å². The van der Waals surface area contributed by atoms with Crippen LogP contribution in [-0.4, -0.2) is 54.7 Å². The Labute approximate surface area is 172 Å². The number of rotatable bonds is 5. The van der Waals surface area contributed by atoms with E-state index < -0.39 is 11.7 Å². The van der Waals surface area contributed by atoms with Gasteiger partial charge in [0.25, 0.3) is 0 Å². The molecule has 1 aliphatic heterocycles. The maximum absolute atomic E-state index is 12.9. The van der Waals surface area contributed by atoms with Crippen molar-refractivity contribution >= 4 is 34.4 Å². The second kappa shape index (κ2) is 9.21. The summed E-state index contributed by atoms with van der Waals surface area (Å²) in [5, 5.41) is 8.41. The molecule has 1 aliphatic rings. The minimum atomic E-state index is -4.38. The van der Waals surface area contributed by atoms with E-state index in [-0.39, 0.29) is 6.04 Å². The lowest BCUT2D eigenvalue weighted by Crippen LogP contribution is -2.48. The predicted octanol–water partition coefficient (Wildman–Crippen LogP) is 4.04. The molecule has 1 atom stereocenters. The van der Waals surface area contributed by atoms with E-state index in [2.05, 4.69) is 38.9 Å². The Hall–Kier alpha value is -1.68. The fraction of sp³-hybridized carbons (Fsp3) is 0.421. The molecule has 2 N–H and O–H groups in total. The van der Waals surface area contributed by atoms with Gasteiger partial charge in [-0.15, -0.1) is 11.3 Å². The highest BCUT2D eigenvalue weighted by Crippen LogP contribution is 2.30. The van der Waals surface area contributed by atoms with Crippen LogP contribution in [0.4, 0.5) is 18.9 Å². The number of halogens is 3. The number of thiocarbonyl (C=S) groups is 1. The van der Waals surface area contributed by atoms with Gasteiger partial charge in [0.15, 0.2) is 5.11 Å². The van der Waals surface area contributed by atoms with Gasteiger partial charge in [-0.05, 0) is 48.9 Å². The summed E-state index contributed by atoms with van der Waals surface area (Å²) < 4.78 is 38.6. The number of nitrogens with one attached hydrogen (secondary N) is 2. The number of likely N-dealkylation sites (N-methyl/N-ethyl adjacent to an activating group) is 1. The first-order chi connectivity index (χ1) is 13.3. The van der Waals surface area contributed by atoms with Crippen molar-refractivity contribution in [3.05, 3.63) is 52.2 Å². The summed E-state index contributed by atoms with van der Waals surface area (Å²) in [4.78, 5) is 5.97. The molecule has 2 aromatic rings. The zero-order valence-corrected chi connectivity index (χ0v) is 17.1. The summed E-state index contributed by atoms with van der Waals surface area (Å²) in [5.41, 5.74) is -0.381. The smallest absolute Gasteiger partial charge is 0.360 e. The Bertz CT molecular complexity index is 772.